The molecule has 1 unspecified atom stereocenters. The van der Waals surface area contributed by atoms with E-state index in [4.69, 9.17) is 4.99 Å². The molecule has 0 aromatic heterocycles. The molecule has 5 nitrogen and oxygen atoms in total. The summed E-state index contributed by atoms with van der Waals surface area (Å²) in [4.78, 5) is 19.1. The Morgan fingerprint density at radius 2 is 1.85 bits per heavy atom. The fourth-order valence-electron chi connectivity index (χ4n) is 7.88. The van der Waals surface area contributed by atoms with Gasteiger partial charge in [-0.25, -0.2) is 0 Å². The van der Waals surface area contributed by atoms with Gasteiger partial charge in [0, 0.05) is 47.4 Å². The molecule has 1 aliphatic carbocycles. The molecule has 5 heteroatoms. The molecule has 1 saturated carbocycles. The van der Waals surface area contributed by atoms with Gasteiger partial charge >= 0.3 is 5.97 Å². The van der Waals surface area contributed by atoms with E-state index in [9.17, 15) is 9.90 Å². The maximum Gasteiger partial charge on any atom is 0.305 e. The summed E-state index contributed by atoms with van der Waals surface area (Å²) in [6.07, 6.45) is 17.0. The van der Waals surface area contributed by atoms with Crippen molar-refractivity contribution in [3.63, 3.8) is 0 Å². The first-order valence-electron chi connectivity index (χ1n) is 18.3. The largest absolute Gasteiger partial charge is 0.481 e. The molecule has 2 aliphatic heterocycles. The SMILES string of the molecule is C=c1ccc2c(c1)C(C)(C)[C-](C=CC1CCCC(=CC=C3N(CCCC)c4ccc(C)cc4C3(C)C)C1=NCCC(=O)O)[N+]=2CCCC. The number of carbonyl (C=O) groups is 1. The minimum atomic E-state index is -0.806. The van der Waals surface area contributed by atoms with Crippen molar-refractivity contribution in [1.82, 2.24) is 4.58 Å². The first-order chi connectivity index (χ1) is 22.9. The second-order valence-corrected chi connectivity index (χ2v) is 15.0. The molecule has 2 aromatic carbocycles. The van der Waals surface area contributed by atoms with E-state index in [1.54, 1.807) is 0 Å². The minimum Gasteiger partial charge on any atom is -0.481 e. The number of aliphatic imine (C=N–C) groups is 1. The number of carboxylic acid groups (broad SMARTS) is 1. The van der Waals surface area contributed by atoms with Gasteiger partial charge in [0.05, 0.1) is 12.5 Å². The zero-order chi connectivity index (χ0) is 34.6. The number of benzene rings is 2. The first kappa shape index (κ1) is 35.4. The lowest BCUT2D eigenvalue weighted by molar-refractivity contribution is -0.136. The van der Waals surface area contributed by atoms with Crippen LogP contribution in [0.5, 0.6) is 0 Å². The lowest BCUT2D eigenvalue weighted by atomic mass is 9.77. The molecule has 5 rings (SSSR count). The van der Waals surface area contributed by atoms with Crippen LogP contribution < -0.4 is 20.1 Å². The normalized spacial score (nSPS) is 22.4. The van der Waals surface area contributed by atoms with E-state index in [0.717, 1.165) is 69.0 Å². The smallest absolute Gasteiger partial charge is 0.305 e. The Kier molecular flexibility index (Phi) is 10.9. The van der Waals surface area contributed by atoms with Gasteiger partial charge < -0.3 is 14.6 Å². The van der Waals surface area contributed by atoms with Crippen molar-refractivity contribution in [2.75, 3.05) is 24.5 Å². The van der Waals surface area contributed by atoms with Crippen molar-refractivity contribution in [1.29, 1.82) is 0 Å². The Balaban J connectivity index is 1.52. The topological polar surface area (TPSA) is 55.9 Å². The highest BCUT2D eigenvalue weighted by Crippen LogP contribution is 2.48. The molecular weight excluding hydrogens is 590 g/mol. The van der Waals surface area contributed by atoms with Crippen LogP contribution in [0.1, 0.15) is 110 Å². The van der Waals surface area contributed by atoms with Crippen molar-refractivity contribution in [2.45, 2.75) is 111 Å². The number of aryl methyl sites for hydroxylation is 1. The molecule has 1 atom stereocenters. The van der Waals surface area contributed by atoms with Crippen molar-refractivity contribution < 1.29 is 9.90 Å². The maximum atomic E-state index is 11.5. The van der Waals surface area contributed by atoms with Gasteiger partial charge in [0.15, 0.2) is 0 Å². The standard InChI is InChI=1S/C43H57N3O2/c1-9-11-26-45-36-20-16-30(3)28-34(36)42(5,6)38(45)22-18-32-14-13-15-33(41(32)44-25-24-40(47)48)19-23-39-43(7,8)35-29-31(4)17-21-37(35)46(39)27-12-10-2/h16-23,28-29,32H,3,9-15,24-27H2,1-2,4-8H3,(H,47,48). The van der Waals surface area contributed by atoms with Crippen LogP contribution in [0.3, 0.4) is 0 Å². The summed E-state index contributed by atoms with van der Waals surface area (Å²) in [5, 5.41) is 11.8. The molecule has 48 heavy (non-hydrogen) atoms. The molecule has 0 spiro atoms. The second-order valence-electron chi connectivity index (χ2n) is 15.0. The van der Waals surface area contributed by atoms with Crippen LogP contribution in [0.25, 0.3) is 6.58 Å². The highest BCUT2D eigenvalue weighted by atomic mass is 16.4. The van der Waals surface area contributed by atoms with Crippen LogP contribution in [0, 0.1) is 18.9 Å². The third-order valence-electron chi connectivity index (χ3n) is 10.7. The van der Waals surface area contributed by atoms with Gasteiger partial charge in [-0.05, 0) is 72.2 Å². The zero-order valence-electron chi connectivity index (χ0n) is 30.5. The predicted molar refractivity (Wildman–Crippen MR) is 202 cm³/mol. The average molecular weight is 648 g/mol. The molecule has 2 aromatic rings. The number of allylic oxidation sites excluding steroid dienone is 5. The van der Waals surface area contributed by atoms with E-state index in [1.807, 2.05) is 0 Å². The minimum absolute atomic E-state index is 0.0404. The van der Waals surface area contributed by atoms with Gasteiger partial charge in [0.1, 0.15) is 11.9 Å². The summed E-state index contributed by atoms with van der Waals surface area (Å²) >= 11 is 0. The number of unbranched alkanes of at least 4 members (excludes halogenated alkanes) is 2. The fraction of sp³-hybridized carbons (Fsp3) is 0.488. The summed E-state index contributed by atoms with van der Waals surface area (Å²) in [7, 11) is 0. The molecule has 0 bridgehead atoms. The molecule has 0 amide bonds. The van der Waals surface area contributed by atoms with E-state index >= 15 is 0 Å². The third kappa shape index (κ3) is 7.11. The van der Waals surface area contributed by atoms with Crippen LogP contribution in [-0.4, -0.2) is 36.4 Å². The average Bonchev–Trinajstić information content (AvgIpc) is 3.38. The number of hydrogen-bond donors (Lipinski definition) is 1. The van der Waals surface area contributed by atoms with E-state index in [0.29, 0.717) is 6.54 Å². The highest BCUT2D eigenvalue weighted by molar-refractivity contribution is 6.04. The lowest BCUT2D eigenvalue weighted by Crippen LogP contribution is -2.33. The maximum absolute atomic E-state index is 11.5. The summed E-state index contributed by atoms with van der Waals surface area (Å²) in [5.41, 5.74) is 8.68. The van der Waals surface area contributed by atoms with Gasteiger partial charge in [0.25, 0.3) is 0 Å². The second kappa shape index (κ2) is 14.7. The monoisotopic (exact) mass is 647 g/mol. The fourth-order valence-corrected chi connectivity index (χ4v) is 7.88. The summed E-state index contributed by atoms with van der Waals surface area (Å²) in [6, 6.07) is 14.8. The third-order valence-corrected chi connectivity index (χ3v) is 10.7. The first-order valence-corrected chi connectivity index (χ1v) is 18.3. The Morgan fingerprint density at radius 1 is 1.08 bits per heavy atom. The van der Waals surface area contributed by atoms with Crippen LogP contribution in [0.2, 0.25) is 0 Å². The Hall–Kier alpha value is -3.86. The molecule has 256 valence electrons. The number of fused-ring (bicyclic) bond motifs is 2. The number of hydrogen-bond acceptors (Lipinski definition) is 3. The van der Waals surface area contributed by atoms with Crippen molar-refractivity contribution >= 4 is 23.9 Å². The number of nitrogens with zero attached hydrogens (tertiary/aromatic N) is 3. The quantitative estimate of drug-likeness (QED) is 0.187. The van der Waals surface area contributed by atoms with E-state index in [1.165, 1.54) is 45.0 Å². The molecule has 0 radical (unpaired) electrons. The van der Waals surface area contributed by atoms with Gasteiger partial charge in [-0.3, -0.25) is 9.79 Å². The zero-order valence-corrected chi connectivity index (χ0v) is 30.5. The molecular formula is C43H57N3O2. The van der Waals surface area contributed by atoms with Crippen LogP contribution in [0.15, 0.2) is 77.0 Å². The van der Waals surface area contributed by atoms with Crippen LogP contribution >= 0.6 is 0 Å². The van der Waals surface area contributed by atoms with Crippen LogP contribution in [0.4, 0.5) is 5.69 Å². The van der Waals surface area contributed by atoms with Crippen LogP contribution in [-0.2, 0) is 15.6 Å². The van der Waals surface area contributed by atoms with Crippen molar-refractivity contribution in [2.24, 2.45) is 10.9 Å². The number of carboxylic acids is 1. The Bertz CT molecular complexity index is 1760. The summed E-state index contributed by atoms with van der Waals surface area (Å²) in [6.45, 7) is 22.5. The van der Waals surface area contributed by atoms with E-state index in [-0.39, 0.29) is 23.2 Å². The van der Waals surface area contributed by atoms with E-state index < -0.39 is 5.97 Å². The van der Waals surface area contributed by atoms with E-state index in [2.05, 4.69) is 125 Å². The molecule has 2 heterocycles. The van der Waals surface area contributed by atoms with Crippen molar-refractivity contribution in [3.05, 3.63) is 105 Å². The molecule has 1 N–H and O–H groups in total. The number of aliphatic carboxylic acids is 1. The molecule has 3 aliphatic rings. The Labute approximate surface area is 289 Å². The van der Waals surface area contributed by atoms with Gasteiger partial charge in [-0.15, -0.1) is 6.08 Å². The van der Waals surface area contributed by atoms with Gasteiger partial charge in [0.2, 0.25) is 0 Å². The number of rotatable bonds is 12. The highest BCUT2D eigenvalue weighted by Gasteiger charge is 2.41. The predicted octanol–water partition coefficient (Wildman–Crippen LogP) is 8.20. The molecule has 1 fully saturated rings. The summed E-state index contributed by atoms with van der Waals surface area (Å²) < 4.78 is 2.51. The molecule has 0 saturated heterocycles. The van der Waals surface area contributed by atoms with Crippen molar-refractivity contribution in [3.8, 4) is 0 Å². The van der Waals surface area contributed by atoms with Gasteiger partial charge in [-0.2, -0.15) is 6.08 Å². The summed E-state index contributed by atoms with van der Waals surface area (Å²) in [5.74, 6) is -0.673. The Morgan fingerprint density at radius 3 is 2.58 bits per heavy atom. The lowest BCUT2D eigenvalue weighted by Gasteiger charge is -2.31. The van der Waals surface area contributed by atoms with Gasteiger partial charge in [-0.1, -0.05) is 103 Å². The number of anilines is 1.